The van der Waals surface area contributed by atoms with E-state index in [1.54, 1.807) is 0 Å². The number of aldehydes is 1. The Hall–Kier alpha value is -1.03. The molecule has 0 aliphatic rings. The van der Waals surface area contributed by atoms with Gasteiger partial charge in [-0.1, -0.05) is 6.07 Å². The zero-order valence-corrected chi connectivity index (χ0v) is 7.69. The van der Waals surface area contributed by atoms with E-state index in [4.69, 9.17) is 11.6 Å². The monoisotopic (exact) mass is 222 g/mol. The van der Waals surface area contributed by atoms with Gasteiger partial charge in [0.15, 0.2) is 17.5 Å². The van der Waals surface area contributed by atoms with Gasteiger partial charge in [0.2, 0.25) is 0 Å². The maximum Gasteiger partial charge on any atom is 0.194 e. The van der Waals surface area contributed by atoms with Gasteiger partial charge in [0.05, 0.1) is 5.38 Å². The lowest BCUT2D eigenvalue weighted by molar-refractivity contribution is -0.107. The molecule has 1 rings (SSSR count). The van der Waals surface area contributed by atoms with E-state index in [2.05, 4.69) is 0 Å². The van der Waals surface area contributed by atoms with Gasteiger partial charge in [0, 0.05) is 0 Å². The van der Waals surface area contributed by atoms with Crippen LogP contribution in [0.15, 0.2) is 12.1 Å². The summed E-state index contributed by atoms with van der Waals surface area (Å²) in [6, 6.07) is 1.86. The third kappa shape index (κ3) is 2.26. The van der Waals surface area contributed by atoms with Gasteiger partial charge in [-0.05, 0) is 18.1 Å². The molecule has 0 aliphatic heterocycles. The van der Waals surface area contributed by atoms with Gasteiger partial charge in [-0.3, -0.25) is 0 Å². The first-order chi connectivity index (χ1) is 6.56. The van der Waals surface area contributed by atoms with Crippen LogP contribution in [0.5, 0.6) is 0 Å². The molecule has 0 aliphatic carbocycles. The summed E-state index contributed by atoms with van der Waals surface area (Å²) in [6.07, 6.45) is 0.246. The lowest BCUT2D eigenvalue weighted by Gasteiger charge is -2.04. The summed E-state index contributed by atoms with van der Waals surface area (Å²) in [6.45, 7) is 0. The third-order valence-electron chi connectivity index (χ3n) is 1.68. The number of hydrogen-bond acceptors (Lipinski definition) is 1. The maximum absolute atomic E-state index is 13.0. The predicted octanol–water partition coefficient (Wildman–Crippen LogP) is 2.45. The van der Waals surface area contributed by atoms with Gasteiger partial charge in [0.1, 0.15) is 6.29 Å². The van der Waals surface area contributed by atoms with Crippen LogP contribution in [-0.2, 0) is 11.2 Å². The lowest BCUT2D eigenvalue weighted by atomic mass is 10.1. The molecule has 5 heteroatoms. The molecule has 0 bridgehead atoms. The molecule has 76 valence electrons. The van der Waals surface area contributed by atoms with Crippen LogP contribution in [0.2, 0.25) is 0 Å². The highest BCUT2D eigenvalue weighted by Gasteiger charge is 2.15. The Morgan fingerprint density at radius 2 is 1.93 bits per heavy atom. The van der Waals surface area contributed by atoms with Crippen LogP contribution in [0.3, 0.4) is 0 Å². The maximum atomic E-state index is 13.0. The first-order valence-corrected chi connectivity index (χ1v) is 4.21. The van der Waals surface area contributed by atoms with E-state index in [1.165, 1.54) is 0 Å². The Kier molecular flexibility index (Phi) is 3.52. The number of alkyl halides is 1. The van der Waals surface area contributed by atoms with Crippen molar-refractivity contribution >= 4 is 17.9 Å². The van der Waals surface area contributed by atoms with E-state index >= 15 is 0 Å². The van der Waals surface area contributed by atoms with E-state index < -0.39 is 22.8 Å². The molecular weight excluding hydrogens is 217 g/mol. The molecule has 14 heavy (non-hydrogen) atoms. The topological polar surface area (TPSA) is 17.1 Å². The number of rotatable bonds is 3. The van der Waals surface area contributed by atoms with Crippen molar-refractivity contribution in [2.45, 2.75) is 11.8 Å². The summed E-state index contributed by atoms with van der Waals surface area (Å²) < 4.78 is 38.1. The van der Waals surface area contributed by atoms with Gasteiger partial charge in [-0.25, -0.2) is 13.2 Å². The van der Waals surface area contributed by atoms with E-state index in [0.717, 1.165) is 12.1 Å². The van der Waals surface area contributed by atoms with Crippen molar-refractivity contribution in [2.24, 2.45) is 0 Å². The minimum absolute atomic E-state index is 0.115. The Morgan fingerprint density at radius 3 is 2.50 bits per heavy atom. The van der Waals surface area contributed by atoms with Gasteiger partial charge in [0.25, 0.3) is 0 Å². The second-order valence-electron chi connectivity index (χ2n) is 2.69. The SMILES string of the molecule is O=CC(Cl)Cc1ccc(F)c(F)c1F. The van der Waals surface area contributed by atoms with Crippen molar-refractivity contribution in [2.75, 3.05) is 0 Å². The van der Waals surface area contributed by atoms with Gasteiger partial charge in [-0.15, -0.1) is 11.6 Å². The fourth-order valence-corrected chi connectivity index (χ4v) is 1.15. The van der Waals surface area contributed by atoms with Crippen molar-refractivity contribution in [3.05, 3.63) is 35.1 Å². The molecule has 1 unspecified atom stereocenters. The average Bonchev–Trinajstić information content (AvgIpc) is 2.19. The van der Waals surface area contributed by atoms with E-state index in [1.807, 2.05) is 0 Å². The van der Waals surface area contributed by atoms with Crippen LogP contribution in [-0.4, -0.2) is 11.7 Å². The highest BCUT2D eigenvalue weighted by Crippen LogP contribution is 2.17. The van der Waals surface area contributed by atoms with Gasteiger partial charge >= 0.3 is 0 Å². The summed E-state index contributed by atoms with van der Waals surface area (Å²) in [5.41, 5.74) is -0.115. The summed E-state index contributed by atoms with van der Waals surface area (Å²) in [5, 5.41) is -0.936. The van der Waals surface area contributed by atoms with E-state index in [0.29, 0.717) is 6.29 Å². The Balaban J connectivity index is 2.99. The molecular formula is C9H6ClF3O. The molecule has 0 radical (unpaired) electrons. The molecule has 0 saturated heterocycles. The molecule has 0 amide bonds. The Bertz CT molecular complexity index is 354. The molecule has 1 aromatic carbocycles. The minimum atomic E-state index is -1.54. The lowest BCUT2D eigenvalue weighted by Crippen LogP contribution is -2.07. The van der Waals surface area contributed by atoms with Crippen molar-refractivity contribution in [3.63, 3.8) is 0 Å². The number of carbonyl (C=O) groups is 1. The summed E-state index contributed by atoms with van der Waals surface area (Å²) in [4.78, 5) is 10.2. The van der Waals surface area contributed by atoms with Gasteiger partial charge < -0.3 is 4.79 Å². The quantitative estimate of drug-likeness (QED) is 0.436. The van der Waals surface area contributed by atoms with Crippen LogP contribution < -0.4 is 0 Å². The number of halogens is 4. The van der Waals surface area contributed by atoms with E-state index in [-0.39, 0.29) is 12.0 Å². The van der Waals surface area contributed by atoms with Crippen LogP contribution in [0.4, 0.5) is 13.2 Å². The van der Waals surface area contributed by atoms with Crippen LogP contribution in [0.1, 0.15) is 5.56 Å². The van der Waals surface area contributed by atoms with Crippen LogP contribution in [0.25, 0.3) is 0 Å². The van der Waals surface area contributed by atoms with E-state index in [9.17, 15) is 18.0 Å². The number of hydrogen-bond donors (Lipinski definition) is 0. The second-order valence-corrected chi connectivity index (χ2v) is 3.25. The molecule has 0 heterocycles. The molecule has 0 fully saturated rings. The minimum Gasteiger partial charge on any atom is -0.302 e. The molecule has 1 aromatic rings. The fourth-order valence-electron chi connectivity index (χ4n) is 0.982. The van der Waals surface area contributed by atoms with Crippen LogP contribution >= 0.6 is 11.6 Å². The zero-order valence-electron chi connectivity index (χ0n) is 6.94. The second kappa shape index (κ2) is 4.46. The highest BCUT2D eigenvalue weighted by atomic mass is 35.5. The normalized spacial score (nSPS) is 12.6. The Labute approximate surface area is 83.5 Å². The summed E-state index contributed by atoms with van der Waals surface area (Å²) in [5.74, 6) is -4.10. The molecule has 1 atom stereocenters. The van der Waals surface area contributed by atoms with Crippen molar-refractivity contribution in [3.8, 4) is 0 Å². The van der Waals surface area contributed by atoms with Crippen molar-refractivity contribution in [1.29, 1.82) is 0 Å². The molecule has 0 aromatic heterocycles. The zero-order chi connectivity index (χ0) is 10.7. The fraction of sp³-hybridized carbons (Fsp3) is 0.222. The first kappa shape index (κ1) is 11.0. The van der Waals surface area contributed by atoms with Gasteiger partial charge in [-0.2, -0.15) is 0 Å². The molecule has 0 N–H and O–H groups in total. The van der Waals surface area contributed by atoms with Crippen molar-refractivity contribution in [1.82, 2.24) is 0 Å². The highest BCUT2D eigenvalue weighted by molar-refractivity contribution is 6.27. The summed E-state index contributed by atoms with van der Waals surface area (Å²) in [7, 11) is 0. The summed E-state index contributed by atoms with van der Waals surface area (Å²) >= 11 is 5.41. The smallest absolute Gasteiger partial charge is 0.194 e. The molecule has 0 spiro atoms. The third-order valence-corrected chi connectivity index (χ3v) is 1.93. The van der Waals surface area contributed by atoms with Crippen LogP contribution in [0, 0.1) is 17.5 Å². The molecule has 1 nitrogen and oxygen atoms in total. The molecule has 0 saturated carbocycles. The Morgan fingerprint density at radius 1 is 1.29 bits per heavy atom. The number of benzene rings is 1. The predicted molar refractivity (Wildman–Crippen MR) is 45.7 cm³/mol. The largest absolute Gasteiger partial charge is 0.302 e. The first-order valence-electron chi connectivity index (χ1n) is 3.78. The standard InChI is InChI=1S/C9H6ClF3O/c10-6(4-14)3-5-1-2-7(11)9(13)8(5)12/h1-2,4,6H,3H2. The van der Waals surface area contributed by atoms with Crippen molar-refractivity contribution < 1.29 is 18.0 Å². The average molecular weight is 223 g/mol. The number of carbonyl (C=O) groups excluding carboxylic acids is 1.